The zero-order valence-corrected chi connectivity index (χ0v) is 15.7. The van der Waals surface area contributed by atoms with Crippen molar-refractivity contribution in [2.75, 3.05) is 13.7 Å². The maximum Gasteiger partial charge on any atom is 0.254 e. The van der Waals surface area contributed by atoms with Gasteiger partial charge >= 0.3 is 0 Å². The minimum absolute atomic E-state index is 0.0361. The third-order valence-corrected chi connectivity index (χ3v) is 5.25. The van der Waals surface area contributed by atoms with Crippen LogP contribution in [0.4, 0.5) is 0 Å². The molecule has 1 aliphatic rings. The molecule has 0 fully saturated rings. The van der Waals surface area contributed by atoms with Crippen LogP contribution < -0.4 is 4.74 Å². The first-order valence-corrected chi connectivity index (χ1v) is 9.27. The second-order valence-electron chi connectivity index (χ2n) is 6.99. The molecule has 0 N–H and O–H groups in total. The molecule has 0 unspecified atom stereocenters. The number of hydrogen-bond acceptors (Lipinski definition) is 2. The van der Waals surface area contributed by atoms with Gasteiger partial charge in [0, 0.05) is 12.1 Å². The van der Waals surface area contributed by atoms with Crippen molar-refractivity contribution in [3.05, 3.63) is 101 Å². The average Bonchev–Trinajstić information content (AvgIpc) is 2.73. The van der Waals surface area contributed by atoms with Crippen molar-refractivity contribution in [1.82, 2.24) is 4.90 Å². The van der Waals surface area contributed by atoms with E-state index in [-0.39, 0.29) is 11.9 Å². The zero-order chi connectivity index (χ0) is 18.8. The maximum absolute atomic E-state index is 13.4. The third kappa shape index (κ3) is 3.33. The van der Waals surface area contributed by atoms with Gasteiger partial charge in [-0.2, -0.15) is 0 Å². The van der Waals surface area contributed by atoms with Gasteiger partial charge in [0.05, 0.1) is 13.2 Å². The van der Waals surface area contributed by atoms with Gasteiger partial charge in [-0.25, -0.2) is 0 Å². The summed E-state index contributed by atoms with van der Waals surface area (Å²) in [5.41, 5.74) is 5.55. The highest BCUT2D eigenvalue weighted by atomic mass is 16.5. The molecule has 0 saturated heterocycles. The number of carbonyl (C=O) groups is 1. The van der Waals surface area contributed by atoms with Gasteiger partial charge in [0.2, 0.25) is 0 Å². The Hall–Kier alpha value is -3.07. The first-order valence-electron chi connectivity index (χ1n) is 9.27. The molecule has 1 aliphatic heterocycles. The number of carbonyl (C=O) groups excluding carboxylic acids is 1. The highest BCUT2D eigenvalue weighted by Gasteiger charge is 2.32. The monoisotopic (exact) mass is 357 g/mol. The summed E-state index contributed by atoms with van der Waals surface area (Å²) in [6.45, 7) is 2.78. The van der Waals surface area contributed by atoms with Gasteiger partial charge < -0.3 is 9.64 Å². The van der Waals surface area contributed by atoms with Crippen LogP contribution in [-0.2, 0) is 6.42 Å². The van der Waals surface area contributed by atoms with Gasteiger partial charge in [-0.3, -0.25) is 4.79 Å². The van der Waals surface area contributed by atoms with Gasteiger partial charge in [-0.05, 0) is 48.2 Å². The molecule has 136 valence electrons. The van der Waals surface area contributed by atoms with Gasteiger partial charge in [0.1, 0.15) is 5.75 Å². The third-order valence-electron chi connectivity index (χ3n) is 5.25. The molecule has 3 heteroatoms. The number of ether oxygens (including phenoxy) is 1. The Kier molecular flexibility index (Phi) is 4.68. The molecule has 1 amide bonds. The zero-order valence-electron chi connectivity index (χ0n) is 15.7. The molecule has 0 saturated carbocycles. The first kappa shape index (κ1) is 17.3. The normalized spacial score (nSPS) is 15.9. The van der Waals surface area contributed by atoms with E-state index in [0.29, 0.717) is 17.9 Å². The summed E-state index contributed by atoms with van der Waals surface area (Å²) < 4.78 is 5.30. The fourth-order valence-electron chi connectivity index (χ4n) is 3.82. The van der Waals surface area contributed by atoms with Crippen LogP contribution in [-0.4, -0.2) is 24.5 Å². The van der Waals surface area contributed by atoms with Gasteiger partial charge in [-0.15, -0.1) is 0 Å². The minimum atomic E-state index is -0.0748. The predicted octanol–water partition coefficient (Wildman–Crippen LogP) is 4.79. The van der Waals surface area contributed by atoms with Gasteiger partial charge in [-0.1, -0.05) is 60.2 Å². The summed E-state index contributed by atoms with van der Waals surface area (Å²) in [5, 5.41) is 0. The largest absolute Gasteiger partial charge is 0.497 e. The summed E-state index contributed by atoms with van der Waals surface area (Å²) in [4.78, 5) is 15.4. The van der Waals surface area contributed by atoms with E-state index in [2.05, 4.69) is 55.5 Å². The van der Waals surface area contributed by atoms with Crippen molar-refractivity contribution in [2.45, 2.75) is 19.4 Å². The molecule has 3 nitrogen and oxygen atoms in total. The Morgan fingerprint density at radius 2 is 1.78 bits per heavy atom. The smallest absolute Gasteiger partial charge is 0.254 e. The van der Waals surface area contributed by atoms with E-state index in [1.165, 1.54) is 16.7 Å². The second kappa shape index (κ2) is 7.28. The molecule has 0 spiro atoms. The number of methoxy groups -OCH3 is 1. The van der Waals surface area contributed by atoms with Crippen LogP contribution in [0.5, 0.6) is 5.75 Å². The SMILES string of the molecule is COc1cccc(C(=O)N2CCc3ccccc3[C@@H]2c2ccc(C)cc2)c1. The van der Waals surface area contributed by atoms with Crippen molar-refractivity contribution < 1.29 is 9.53 Å². The standard InChI is InChI=1S/C24H23NO2/c1-17-10-12-19(13-11-17)23-22-9-4-3-6-18(22)14-15-25(23)24(26)20-7-5-8-21(16-20)27-2/h3-13,16,23H,14-15H2,1-2H3/t23-/m0/s1. The van der Waals surface area contributed by atoms with Crippen LogP contribution in [0.15, 0.2) is 72.8 Å². The molecule has 0 radical (unpaired) electrons. The number of fused-ring (bicyclic) bond motifs is 1. The lowest BCUT2D eigenvalue weighted by Gasteiger charge is -2.38. The van der Waals surface area contributed by atoms with Crippen LogP contribution in [0.2, 0.25) is 0 Å². The number of aryl methyl sites for hydroxylation is 1. The second-order valence-corrected chi connectivity index (χ2v) is 6.99. The van der Waals surface area contributed by atoms with E-state index in [9.17, 15) is 4.79 Å². The highest BCUT2D eigenvalue weighted by molar-refractivity contribution is 5.95. The number of hydrogen-bond donors (Lipinski definition) is 0. The minimum Gasteiger partial charge on any atom is -0.497 e. The number of benzene rings is 3. The molecule has 0 aliphatic carbocycles. The van der Waals surface area contributed by atoms with Crippen LogP contribution in [0.3, 0.4) is 0 Å². The number of rotatable bonds is 3. The lowest BCUT2D eigenvalue weighted by Crippen LogP contribution is -2.40. The van der Waals surface area contributed by atoms with Crippen molar-refractivity contribution in [1.29, 1.82) is 0 Å². The average molecular weight is 357 g/mol. The predicted molar refractivity (Wildman–Crippen MR) is 107 cm³/mol. The number of amides is 1. The highest BCUT2D eigenvalue weighted by Crippen LogP contribution is 2.36. The van der Waals surface area contributed by atoms with E-state index >= 15 is 0 Å². The molecule has 1 atom stereocenters. The Bertz CT molecular complexity index is 962. The molecule has 4 rings (SSSR count). The Morgan fingerprint density at radius 1 is 1.00 bits per heavy atom. The van der Waals surface area contributed by atoms with Crippen molar-refractivity contribution >= 4 is 5.91 Å². The fourth-order valence-corrected chi connectivity index (χ4v) is 3.82. The van der Waals surface area contributed by atoms with Gasteiger partial charge in [0.15, 0.2) is 0 Å². The molecule has 3 aromatic rings. The fraction of sp³-hybridized carbons (Fsp3) is 0.208. The van der Waals surface area contributed by atoms with E-state index in [4.69, 9.17) is 4.74 Å². The van der Waals surface area contributed by atoms with Crippen molar-refractivity contribution in [3.63, 3.8) is 0 Å². The van der Waals surface area contributed by atoms with E-state index in [0.717, 1.165) is 12.0 Å². The number of nitrogens with zero attached hydrogens (tertiary/aromatic N) is 1. The van der Waals surface area contributed by atoms with Crippen LogP contribution >= 0.6 is 0 Å². The van der Waals surface area contributed by atoms with Crippen molar-refractivity contribution in [2.24, 2.45) is 0 Å². The first-order chi connectivity index (χ1) is 13.2. The summed E-state index contributed by atoms with van der Waals surface area (Å²) in [5.74, 6) is 0.735. The Balaban J connectivity index is 1.78. The lowest BCUT2D eigenvalue weighted by atomic mass is 9.87. The van der Waals surface area contributed by atoms with Crippen LogP contribution in [0.1, 0.15) is 38.7 Å². The molecule has 27 heavy (non-hydrogen) atoms. The van der Waals surface area contributed by atoms with Gasteiger partial charge in [0.25, 0.3) is 5.91 Å². The maximum atomic E-state index is 13.4. The molecule has 3 aromatic carbocycles. The molecule has 0 aromatic heterocycles. The molecule has 1 heterocycles. The van der Waals surface area contributed by atoms with Crippen molar-refractivity contribution in [3.8, 4) is 5.75 Å². The van der Waals surface area contributed by atoms with Crippen LogP contribution in [0, 0.1) is 6.92 Å². The molecular formula is C24H23NO2. The summed E-state index contributed by atoms with van der Waals surface area (Å²) in [6, 6.07) is 24.3. The van der Waals surface area contributed by atoms with E-state index < -0.39 is 0 Å². The summed E-state index contributed by atoms with van der Waals surface area (Å²) >= 11 is 0. The molecular weight excluding hydrogens is 334 g/mol. The van der Waals surface area contributed by atoms with E-state index in [1.54, 1.807) is 7.11 Å². The Morgan fingerprint density at radius 3 is 2.56 bits per heavy atom. The Labute approximate surface area is 160 Å². The quantitative estimate of drug-likeness (QED) is 0.674. The lowest BCUT2D eigenvalue weighted by molar-refractivity contribution is 0.0694. The van der Waals surface area contributed by atoms with Crippen LogP contribution in [0.25, 0.3) is 0 Å². The van der Waals surface area contributed by atoms with E-state index in [1.807, 2.05) is 29.2 Å². The molecule has 0 bridgehead atoms. The summed E-state index contributed by atoms with van der Waals surface area (Å²) in [7, 11) is 1.62. The topological polar surface area (TPSA) is 29.5 Å². The summed E-state index contributed by atoms with van der Waals surface area (Å²) in [6.07, 6.45) is 0.869.